The minimum Gasteiger partial charge on any atom is -0.361 e. The first-order valence-electron chi connectivity index (χ1n) is 5.58. The maximum Gasteiger partial charge on any atom is 0.238 e. The van der Waals surface area contributed by atoms with Crippen molar-refractivity contribution < 1.29 is 12.9 Å². The highest BCUT2D eigenvalue weighted by atomic mass is 35.7. The van der Waals surface area contributed by atoms with E-state index in [1.54, 1.807) is 6.07 Å². The van der Waals surface area contributed by atoms with Crippen LogP contribution in [0.1, 0.15) is 45.1 Å². The third-order valence-electron chi connectivity index (χ3n) is 2.66. The summed E-state index contributed by atoms with van der Waals surface area (Å²) in [5, 5.41) is 3.75. The summed E-state index contributed by atoms with van der Waals surface area (Å²) in [5.41, 5.74) is 0.362. The topological polar surface area (TPSA) is 60.2 Å². The summed E-state index contributed by atoms with van der Waals surface area (Å²) in [5.74, 6) is 1.48. The summed E-state index contributed by atoms with van der Waals surface area (Å²) in [4.78, 5) is 0. The quantitative estimate of drug-likeness (QED) is 0.777. The molecule has 1 heterocycles. The van der Waals surface area contributed by atoms with Crippen molar-refractivity contribution in [2.75, 3.05) is 0 Å². The van der Waals surface area contributed by atoms with Gasteiger partial charge >= 0.3 is 0 Å². The molecule has 1 aromatic rings. The van der Waals surface area contributed by atoms with Crippen molar-refractivity contribution in [1.82, 2.24) is 5.16 Å². The van der Waals surface area contributed by atoms with Crippen molar-refractivity contribution in [2.24, 2.45) is 11.8 Å². The molecule has 0 N–H and O–H groups in total. The molecule has 0 saturated heterocycles. The fourth-order valence-electron chi connectivity index (χ4n) is 2.16. The van der Waals surface area contributed by atoms with E-state index in [9.17, 15) is 8.42 Å². The Kier molecular flexibility index (Phi) is 4.61. The van der Waals surface area contributed by atoms with Crippen LogP contribution >= 0.6 is 10.7 Å². The Balaban J connectivity index is 2.93. The predicted molar refractivity (Wildman–Crippen MR) is 67.4 cm³/mol. The van der Waals surface area contributed by atoms with Gasteiger partial charge in [0.2, 0.25) is 9.05 Å². The highest BCUT2D eigenvalue weighted by Crippen LogP contribution is 2.32. The first-order valence-corrected chi connectivity index (χ1v) is 8.06. The first-order chi connectivity index (χ1) is 7.70. The van der Waals surface area contributed by atoms with E-state index >= 15 is 0 Å². The summed E-state index contributed by atoms with van der Waals surface area (Å²) in [6.45, 7) is 8.41. The van der Waals surface area contributed by atoms with E-state index in [2.05, 4.69) is 32.9 Å². The zero-order valence-corrected chi connectivity index (χ0v) is 12.0. The van der Waals surface area contributed by atoms with Gasteiger partial charge < -0.3 is 4.52 Å². The summed E-state index contributed by atoms with van der Waals surface area (Å²) in [7, 11) is 1.59. The summed E-state index contributed by atoms with van der Waals surface area (Å²) >= 11 is 0. The van der Waals surface area contributed by atoms with Gasteiger partial charge in [0.15, 0.2) is 0 Å². The van der Waals surface area contributed by atoms with Gasteiger partial charge in [0.1, 0.15) is 17.2 Å². The van der Waals surface area contributed by atoms with E-state index in [4.69, 9.17) is 15.2 Å². The molecule has 0 fully saturated rings. The molecule has 0 saturated carbocycles. The molecular formula is C11H18ClNO3S. The van der Waals surface area contributed by atoms with Crippen LogP contribution in [0, 0.1) is 11.8 Å². The van der Waals surface area contributed by atoms with Crippen LogP contribution in [0.4, 0.5) is 0 Å². The van der Waals surface area contributed by atoms with Crippen LogP contribution in [0.5, 0.6) is 0 Å². The molecule has 4 nitrogen and oxygen atoms in total. The van der Waals surface area contributed by atoms with Gasteiger partial charge in [-0.25, -0.2) is 8.42 Å². The molecule has 1 rings (SSSR count). The number of halogens is 1. The highest BCUT2D eigenvalue weighted by molar-refractivity contribution is 8.13. The van der Waals surface area contributed by atoms with Crippen molar-refractivity contribution in [3.05, 3.63) is 17.5 Å². The number of rotatable bonds is 5. The second-order valence-corrected chi connectivity index (χ2v) is 7.69. The lowest BCUT2D eigenvalue weighted by molar-refractivity contribution is 0.284. The lowest BCUT2D eigenvalue weighted by atomic mass is 9.83. The Bertz CT molecular complexity index is 457. The Morgan fingerprint density at radius 3 is 2.24 bits per heavy atom. The molecule has 0 aromatic carbocycles. The molecule has 0 aliphatic carbocycles. The molecular weight excluding hydrogens is 262 g/mol. The Morgan fingerprint density at radius 1 is 1.29 bits per heavy atom. The molecule has 0 aliphatic heterocycles. The Morgan fingerprint density at radius 2 is 1.82 bits per heavy atom. The van der Waals surface area contributed by atoms with Gasteiger partial charge in [0, 0.05) is 22.7 Å². The van der Waals surface area contributed by atoms with E-state index in [1.807, 2.05) is 0 Å². The van der Waals surface area contributed by atoms with Crippen molar-refractivity contribution in [3.63, 3.8) is 0 Å². The standard InChI is InChI=1S/C11H18ClNO3S/c1-7(2)11(8(3)4)10-5-9(13-16-10)6-17(12,14)15/h5,7-8,11H,6H2,1-4H3. The molecule has 0 spiro atoms. The van der Waals surface area contributed by atoms with E-state index in [-0.39, 0.29) is 11.7 Å². The summed E-state index contributed by atoms with van der Waals surface area (Å²) in [6, 6.07) is 1.69. The average molecular weight is 280 g/mol. The summed E-state index contributed by atoms with van der Waals surface area (Å²) in [6.07, 6.45) is 0. The van der Waals surface area contributed by atoms with Crippen LogP contribution in [-0.2, 0) is 14.8 Å². The third-order valence-corrected chi connectivity index (χ3v) is 3.63. The number of hydrogen-bond donors (Lipinski definition) is 0. The molecule has 1 aromatic heterocycles. The normalized spacial score (nSPS) is 12.9. The van der Waals surface area contributed by atoms with Crippen molar-refractivity contribution in [3.8, 4) is 0 Å². The average Bonchev–Trinajstić information content (AvgIpc) is 2.47. The van der Waals surface area contributed by atoms with Crippen molar-refractivity contribution >= 4 is 19.7 Å². The van der Waals surface area contributed by atoms with Gasteiger partial charge in [-0.15, -0.1) is 0 Å². The van der Waals surface area contributed by atoms with Crippen LogP contribution < -0.4 is 0 Å². The van der Waals surface area contributed by atoms with E-state index < -0.39 is 9.05 Å². The monoisotopic (exact) mass is 279 g/mol. The number of aromatic nitrogens is 1. The highest BCUT2D eigenvalue weighted by Gasteiger charge is 2.24. The lowest BCUT2D eigenvalue weighted by Crippen LogP contribution is -2.12. The Labute approximate surface area is 107 Å². The van der Waals surface area contributed by atoms with E-state index in [0.29, 0.717) is 17.5 Å². The van der Waals surface area contributed by atoms with Gasteiger partial charge in [-0.05, 0) is 11.8 Å². The zero-order valence-electron chi connectivity index (χ0n) is 10.5. The molecule has 0 unspecified atom stereocenters. The molecule has 0 radical (unpaired) electrons. The first kappa shape index (κ1) is 14.5. The molecule has 0 atom stereocenters. The van der Waals surface area contributed by atoms with E-state index in [1.165, 1.54) is 0 Å². The minimum atomic E-state index is -3.58. The van der Waals surface area contributed by atoms with Gasteiger partial charge in [-0.2, -0.15) is 0 Å². The lowest BCUT2D eigenvalue weighted by Gasteiger charge is -2.21. The SMILES string of the molecule is CC(C)C(c1cc(CS(=O)(=O)Cl)no1)C(C)C. The fourth-order valence-corrected chi connectivity index (χ4v) is 2.98. The van der Waals surface area contributed by atoms with Gasteiger partial charge in [0.05, 0.1) is 0 Å². The number of nitrogens with zero attached hydrogens (tertiary/aromatic N) is 1. The van der Waals surface area contributed by atoms with Gasteiger partial charge in [0.25, 0.3) is 0 Å². The molecule has 0 amide bonds. The Hall–Kier alpha value is -0.550. The van der Waals surface area contributed by atoms with E-state index in [0.717, 1.165) is 5.76 Å². The van der Waals surface area contributed by atoms with Crippen LogP contribution in [0.3, 0.4) is 0 Å². The third kappa shape index (κ3) is 4.32. The molecule has 98 valence electrons. The molecule has 6 heteroatoms. The maximum atomic E-state index is 10.9. The van der Waals surface area contributed by atoms with Gasteiger partial charge in [-0.1, -0.05) is 32.9 Å². The molecule has 0 bridgehead atoms. The van der Waals surface area contributed by atoms with Gasteiger partial charge in [-0.3, -0.25) is 0 Å². The molecule has 17 heavy (non-hydrogen) atoms. The van der Waals surface area contributed by atoms with Crippen LogP contribution in [0.25, 0.3) is 0 Å². The van der Waals surface area contributed by atoms with Crippen LogP contribution in [-0.4, -0.2) is 13.6 Å². The molecule has 0 aliphatic rings. The predicted octanol–water partition coefficient (Wildman–Crippen LogP) is 3.14. The minimum absolute atomic E-state index is 0.231. The largest absolute Gasteiger partial charge is 0.361 e. The fraction of sp³-hybridized carbons (Fsp3) is 0.727. The second kappa shape index (κ2) is 5.40. The smallest absolute Gasteiger partial charge is 0.238 e. The van der Waals surface area contributed by atoms with Crippen LogP contribution in [0.2, 0.25) is 0 Å². The van der Waals surface area contributed by atoms with Crippen molar-refractivity contribution in [2.45, 2.75) is 39.4 Å². The zero-order chi connectivity index (χ0) is 13.2. The van der Waals surface area contributed by atoms with Crippen molar-refractivity contribution in [1.29, 1.82) is 0 Å². The van der Waals surface area contributed by atoms with Crippen LogP contribution in [0.15, 0.2) is 10.6 Å². The summed E-state index contributed by atoms with van der Waals surface area (Å²) < 4.78 is 27.1. The number of hydrogen-bond acceptors (Lipinski definition) is 4. The maximum absolute atomic E-state index is 10.9. The second-order valence-electron chi connectivity index (χ2n) is 4.92.